The molecule has 0 saturated heterocycles. The van der Waals surface area contributed by atoms with Crippen molar-refractivity contribution in [1.29, 1.82) is 0 Å². The van der Waals surface area contributed by atoms with Gasteiger partial charge >= 0.3 is 5.97 Å². The molecule has 138 valence electrons. The van der Waals surface area contributed by atoms with Gasteiger partial charge in [-0.25, -0.2) is 9.78 Å². The van der Waals surface area contributed by atoms with Crippen LogP contribution in [0.15, 0.2) is 60.0 Å². The lowest BCUT2D eigenvalue weighted by atomic mass is 10.1. The first-order chi connectivity index (χ1) is 13.0. The molecular formula is C20H17ClN2O3S. The minimum atomic E-state index is -0.626. The fourth-order valence-electron chi connectivity index (χ4n) is 2.43. The predicted octanol–water partition coefficient (Wildman–Crippen LogP) is 4.50. The van der Waals surface area contributed by atoms with Gasteiger partial charge in [0.25, 0.3) is 5.91 Å². The highest BCUT2D eigenvalue weighted by molar-refractivity contribution is 7.13. The molecule has 0 spiro atoms. The van der Waals surface area contributed by atoms with Crippen LogP contribution < -0.4 is 5.32 Å². The van der Waals surface area contributed by atoms with Gasteiger partial charge in [-0.05, 0) is 24.6 Å². The molecule has 0 aliphatic carbocycles. The first kappa shape index (κ1) is 19.1. The smallest absolute Gasteiger partial charge is 0.358 e. The number of amides is 1. The van der Waals surface area contributed by atoms with E-state index in [2.05, 4.69) is 10.3 Å². The van der Waals surface area contributed by atoms with Crippen molar-refractivity contribution in [3.8, 4) is 10.6 Å². The number of nitrogens with zero attached hydrogens (tertiary/aromatic N) is 1. The molecule has 0 aliphatic heterocycles. The van der Waals surface area contributed by atoms with Gasteiger partial charge in [-0.2, -0.15) is 0 Å². The van der Waals surface area contributed by atoms with Gasteiger partial charge in [0.15, 0.2) is 12.3 Å². The number of halogens is 1. The Bertz CT molecular complexity index is 943. The molecule has 27 heavy (non-hydrogen) atoms. The van der Waals surface area contributed by atoms with Gasteiger partial charge in [0.1, 0.15) is 5.01 Å². The Kier molecular flexibility index (Phi) is 6.21. The average molecular weight is 401 g/mol. The summed E-state index contributed by atoms with van der Waals surface area (Å²) in [6, 6.07) is 16.5. The highest BCUT2D eigenvalue weighted by Crippen LogP contribution is 2.23. The van der Waals surface area contributed by atoms with Crippen LogP contribution in [0.5, 0.6) is 0 Å². The van der Waals surface area contributed by atoms with Gasteiger partial charge in [-0.1, -0.05) is 54.1 Å². The van der Waals surface area contributed by atoms with Crippen molar-refractivity contribution in [3.63, 3.8) is 0 Å². The van der Waals surface area contributed by atoms with Crippen LogP contribution in [0.4, 0.5) is 0 Å². The Labute approximate surface area is 166 Å². The monoisotopic (exact) mass is 400 g/mol. The molecule has 0 fully saturated rings. The second-order valence-electron chi connectivity index (χ2n) is 5.82. The Morgan fingerprint density at radius 2 is 1.96 bits per heavy atom. The minimum absolute atomic E-state index is 0.189. The highest BCUT2D eigenvalue weighted by Gasteiger charge is 2.16. The molecule has 0 bridgehead atoms. The molecular weight excluding hydrogens is 384 g/mol. The zero-order valence-corrected chi connectivity index (χ0v) is 16.1. The third-order valence-electron chi connectivity index (χ3n) is 3.79. The molecule has 1 amide bonds. The highest BCUT2D eigenvalue weighted by atomic mass is 35.5. The van der Waals surface area contributed by atoms with Crippen molar-refractivity contribution >= 4 is 34.8 Å². The number of ether oxygens (including phenoxy) is 1. The van der Waals surface area contributed by atoms with Gasteiger partial charge in [0.2, 0.25) is 0 Å². The molecule has 0 saturated carbocycles. The molecule has 1 aromatic heterocycles. The molecule has 5 nitrogen and oxygen atoms in total. The van der Waals surface area contributed by atoms with Gasteiger partial charge in [-0.15, -0.1) is 11.3 Å². The van der Waals surface area contributed by atoms with Gasteiger partial charge in [-0.3, -0.25) is 4.79 Å². The van der Waals surface area contributed by atoms with E-state index in [-0.39, 0.29) is 18.3 Å². The Morgan fingerprint density at radius 1 is 1.19 bits per heavy atom. The lowest BCUT2D eigenvalue weighted by Gasteiger charge is -2.14. The maximum atomic E-state index is 12.1. The summed E-state index contributed by atoms with van der Waals surface area (Å²) in [6.07, 6.45) is 0. The van der Waals surface area contributed by atoms with Crippen molar-refractivity contribution in [1.82, 2.24) is 10.3 Å². The van der Waals surface area contributed by atoms with Crippen LogP contribution in [0.2, 0.25) is 5.02 Å². The molecule has 3 aromatic rings. The molecule has 0 unspecified atom stereocenters. The lowest BCUT2D eigenvalue weighted by molar-refractivity contribution is -0.124. The third kappa shape index (κ3) is 5.15. The van der Waals surface area contributed by atoms with Crippen LogP contribution in [0, 0.1) is 0 Å². The summed E-state index contributed by atoms with van der Waals surface area (Å²) < 4.78 is 5.07. The van der Waals surface area contributed by atoms with E-state index in [1.165, 1.54) is 11.3 Å². The van der Waals surface area contributed by atoms with E-state index in [1.807, 2.05) is 49.4 Å². The van der Waals surface area contributed by atoms with Crippen LogP contribution in [-0.4, -0.2) is 23.5 Å². The second kappa shape index (κ2) is 8.79. The molecule has 1 atom stereocenters. The summed E-state index contributed by atoms with van der Waals surface area (Å²) in [5, 5.41) is 5.71. The summed E-state index contributed by atoms with van der Waals surface area (Å²) in [6.45, 7) is 1.46. The Hall–Kier alpha value is -2.70. The standard InChI is InChI=1S/C20H17ClN2O3S/c1-13(15-8-5-9-16(21)10-15)22-18(24)11-26-20(25)17-12-27-19(23-17)14-6-3-2-4-7-14/h2-10,12-13H,11H2,1H3,(H,22,24)/t13-/m0/s1. The van der Waals surface area contributed by atoms with Crippen LogP contribution >= 0.6 is 22.9 Å². The Balaban J connectivity index is 1.53. The molecule has 1 heterocycles. The summed E-state index contributed by atoms with van der Waals surface area (Å²) in [7, 11) is 0. The molecule has 3 rings (SSSR count). The average Bonchev–Trinajstić information content (AvgIpc) is 3.17. The fraction of sp³-hybridized carbons (Fsp3) is 0.150. The molecule has 1 N–H and O–H groups in total. The summed E-state index contributed by atoms with van der Waals surface area (Å²) >= 11 is 7.30. The minimum Gasteiger partial charge on any atom is -0.451 e. The zero-order chi connectivity index (χ0) is 19.2. The predicted molar refractivity (Wildman–Crippen MR) is 106 cm³/mol. The SMILES string of the molecule is C[C@H](NC(=O)COC(=O)c1csc(-c2ccccc2)n1)c1cccc(Cl)c1. The van der Waals surface area contributed by atoms with Gasteiger partial charge in [0, 0.05) is 16.0 Å². The van der Waals surface area contributed by atoms with E-state index in [4.69, 9.17) is 16.3 Å². The summed E-state index contributed by atoms with van der Waals surface area (Å²) in [4.78, 5) is 28.4. The summed E-state index contributed by atoms with van der Waals surface area (Å²) in [5.41, 5.74) is 1.98. The topological polar surface area (TPSA) is 68.3 Å². The number of benzene rings is 2. The van der Waals surface area contributed by atoms with Crippen LogP contribution in [0.1, 0.15) is 29.0 Å². The first-order valence-electron chi connectivity index (χ1n) is 8.26. The van der Waals surface area contributed by atoms with Crippen LogP contribution in [0.3, 0.4) is 0 Å². The number of carbonyl (C=O) groups excluding carboxylic acids is 2. The Morgan fingerprint density at radius 3 is 2.70 bits per heavy atom. The molecule has 2 aromatic carbocycles. The number of hydrogen-bond acceptors (Lipinski definition) is 5. The van der Waals surface area contributed by atoms with Gasteiger partial charge < -0.3 is 10.1 Å². The zero-order valence-electron chi connectivity index (χ0n) is 14.5. The number of aromatic nitrogens is 1. The molecule has 0 aliphatic rings. The quantitative estimate of drug-likeness (QED) is 0.618. The van der Waals surface area contributed by atoms with E-state index in [0.29, 0.717) is 5.02 Å². The molecule has 7 heteroatoms. The second-order valence-corrected chi connectivity index (χ2v) is 7.12. The first-order valence-corrected chi connectivity index (χ1v) is 9.51. The van der Waals surface area contributed by atoms with E-state index in [9.17, 15) is 9.59 Å². The number of carbonyl (C=O) groups is 2. The van der Waals surface area contributed by atoms with Gasteiger partial charge in [0.05, 0.1) is 6.04 Å². The van der Waals surface area contributed by atoms with E-state index in [0.717, 1.165) is 16.1 Å². The number of rotatable bonds is 6. The summed E-state index contributed by atoms with van der Waals surface area (Å²) in [5.74, 6) is -1.02. The van der Waals surface area contributed by atoms with Crippen molar-refractivity contribution in [2.75, 3.05) is 6.61 Å². The van der Waals surface area contributed by atoms with E-state index in [1.54, 1.807) is 17.5 Å². The van der Waals surface area contributed by atoms with Crippen LogP contribution in [-0.2, 0) is 9.53 Å². The number of thiazole rings is 1. The van der Waals surface area contributed by atoms with Crippen molar-refractivity contribution in [3.05, 3.63) is 76.3 Å². The van der Waals surface area contributed by atoms with E-state index < -0.39 is 11.9 Å². The normalized spacial score (nSPS) is 11.6. The lowest BCUT2D eigenvalue weighted by Crippen LogP contribution is -2.31. The third-order valence-corrected chi connectivity index (χ3v) is 4.92. The number of esters is 1. The van der Waals surface area contributed by atoms with E-state index >= 15 is 0 Å². The maximum absolute atomic E-state index is 12.1. The maximum Gasteiger partial charge on any atom is 0.358 e. The molecule has 0 radical (unpaired) electrons. The van der Waals surface area contributed by atoms with Crippen molar-refractivity contribution in [2.45, 2.75) is 13.0 Å². The van der Waals surface area contributed by atoms with Crippen molar-refractivity contribution in [2.24, 2.45) is 0 Å². The van der Waals surface area contributed by atoms with Crippen LogP contribution in [0.25, 0.3) is 10.6 Å². The largest absolute Gasteiger partial charge is 0.451 e. The number of nitrogens with one attached hydrogen (secondary N) is 1. The number of hydrogen-bond donors (Lipinski definition) is 1. The van der Waals surface area contributed by atoms with Crippen molar-refractivity contribution < 1.29 is 14.3 Å². The fourth-order valence-corrected chi connectivity index (χ4v) is 3.42.